The summed E-state index contributed by atoms with van der Waals surface area (Å²) >= 11 is 1.69. The van der Waals surface area contributed by atoms with Crippen molar-refractivity contribution in [1.29, 1.82) is 0 Å². The zero-order valence-corrected chi connectivity index (χ0v) is 18.3. The predicted octanol–water partition coefficient (Wildman–Crippen LogP) is 3.06. The molecule has 140 valence electrons. The first-order chi connectivity index (χ1) is 12.2. The van der Waals surface area contributed by atoms with Crippen molar-refractivity contribution in [2.24, 2.45) is 4.99 Å². The molecule has 0 saturated heterocycles. The Morgan fingerprint density at radius 3 is 2.81 bits per heavy atom. The molecule has 0 bridgehead atoms. The number of guanidine groups is 1. The fraction of sp³-hybridized carbons (Fsp3) is 0.389. The Kier molecular flexibility index (Phi) is 8.30. The van der Waals surface area contributed by atoms with E-state index in [1.807, 2.05) is 35.7 Å². The molecular formula is C18H25IN6S. The molecule has 0 aliphatic heterocycles. The van der Waals surface area contributed by atoms with Gasteiger partial charge in [0.15, 0.2) is 5.96 Å². The maximum atomic E-state index is 4.64. The summed E-state index contributed by atoms with van der Waals surface area (Å²) in [4.78, 5) is 13.7. The van der Waals surface area contributed by atoms with Gasteiger partial charge in [-0.1, -0.05) is 6.07 Å². The number of nitrogens with zero attached hydrogens (tertiary/aromatic N) is 4. The average Bonchev–Trinajstić information content (AvgIpc) is 3.20. The van der Waals surface area contributed by atoms with Crippen LogP contribution < -0.4 is 10.6 Å². The van der Waals surface area contributed by atoms with E-state index in [0.29, 0.717) is 6.54 Å². The van der Waals surface area contributed by atoms with Crippen molar-refractivity contribution < 1.29 is 0 Å². The number of rotatable bonds is 7. The smallest absolute Gasteiger partial charge is 0.191 e. The van der Waals surface area contributed by atoms with Gasteiger partial charge in [0, 0.05) is 50.2 Å². The van der Waals surface area contributed by atoms with Crippen molar-refractivity contribution in [2.75, 3.05) is 19.6 Å². The number of aryl methyl sites for hydroxylation is 1. The quantitative estimate of drug-likeness (QED) is 0.308. The average molecular weight is 484 g/mol. The van der Waals surface area contributed by atoms with Gasteiger partial charge in [-0.15, -0.1) is 35.3 Å². The van der Waals surface area contributed by atoms with Crippen molar-refractivity contribution in [3.63, 3.8) is 0 Å². The Bertz CT molecular complexity index is 808. The molecule has 0 aliphatic carbocycles. The van der Waals surface area contributed by atoms with Crippen LogP contribution in [0.5, 0.6) is 0 Å². The standard InChI is InChI=1S/C18H24N6S.HI/c1-3-19-18(21-10-8-16-13-25-14(2)22-16)20-9-7-15-12-24-11-5-4-6-17(24)23-15;/h4-6,11-13H,3,7-10H2,1-2H3,(H2,19,20,21);1H. The molecule has 3 rings (SSSR count). The summed E-state index contributed by atoms with van der Waals surface area (Å²) < 4.78 is 2.04. The molecule has 0 aliphatic rings. The number of imidazole rings is 1. The summed E-state index contributed by atoms with van der Waals surface area (Å²) in [5.74, 6) is 0.846. The first kappa shape index (κ1) is 20.6. The third-order valence-electron chi connectivity index (χ3n) is 3.74. The summed E-state index contributed by atoms with van der Waals surface area (Å²) in [6.07, 6.45) is 5.81. The molecule has 0 atom stereocenters. The number of aromatic nitrogens is 3. The van der Waals surface area contributed by atoms with Crippen LogP contribution in [-0.4, -0.2) is 40.0 Å². The number of halogens is 1. The van der Waals surface area contributed by atoms with E-state index in [2.05, 4.69) is 44.1 Å². The number of hydrogen-bond donors (Lipinski definition) is 2. The van der Waals surface area contributed by atoms with E-state index in [1.54, 1.807) is 11.3 Å². The zero-order chi connectivity index (χ0) is 17.5. The van der Waals surface area contributed by atoms with E-state index in [4.69, 9.17) is 0 Å². The molecule has 0 aromatic carbocycles. The third kappa shape index (κ3) is 5.94. The maximum absolute atomic E-state index is 4.64. The lowest BCUT2D eigenvalue weighted by Crippen LogP contribution is -2.38. The minimum absolute atomic E-state index is 0. The van der Waals surface area contributed by atoms with Gasteiger partial charge in [0.25, 0.3) is 0 Å². The van der Waals surface area contributed by atoms with Crippen LogP contribution >= 0.6 is 35.3 Å². The van der Waals surface area contributed by atoms with Crippen molar-refractivity contribution >= 4 is 46.9 Å². The van der Waals surface area contributed by atoms with Crippen LogP contribution in [-0.2, 0) is 12.8 Å². The normalized spacial score (nSPS) is 11.4. The first-order valence-corrected chi connectivity index (χ1v) is 9.48. The number of nitrogens with one attached hydrogen (secondary N) is 2. The molecule has 0 saturated carbocycles. The van der Waals surface area contributed by atoms with Crippen LogP contribution in [0.4, 0.5) is 0 Å². The molecule has 3 aromatic rings. The predicted molar refractivity (Wildman–Crippen MR) is 119 cm³/mol. The molecule has 0 radical (unpaired) electrons. The van der Waals surface area contributed by atoms with E-state index < -0.39 is 0 Å². The summed E-state index contributed by atoms with van der Waals surface area (Å²) in [6.45, 7) is 6.48. The molecule has 26 heavy (non-hydrogen) atoms. The molecule has 6 nitrogen and oxygen atoms in total. The number of aliphatic imine (C=N–C) groups is 1. The molecule has 0 unspecified atom stereocenters. The van der Waals surface area contributed by atoms with E-state index in [9.17, 15) is 0 Å². The topological polar surface area (TPSA) is 66.6 Å². The van der Waals surface area contributed by atoms with Crippen molar-refractivity contribution in [3.05, 3.63) is 52.4 Å². The van der Waals surface area contributed by atoms with Gasteiger partial charge in [0.05, 0.1) is 16.4 Å². The van der Waals surface area contributed by atoms with Gasteiger partial charge in [0.1, 0.15) is 5.65 Å². The highest BCUT2D eigenvalue weighted by molar-refractivity contribution is 14.0. The highest BCUT2D eigenvalue weighted by Crippen LogP contribution is 2.08. The molecular weight excluding hydrogens is 459 g/mol. The highest BCUT2D eigenvalue weighted by Gasteiger charge is 2.02. The Hall–Kier alpha value is -1.68. The minimum Gasteiger partial charge on any atom is -0.357 e. The van der Waals surface area contributed by atoms with Gasteiger partial charge >= 0.3 is 0 Å². The Labute approximate surface area is 175 Å². The van der Waals surface area contributed by atoms with E-state index in [1.165, 1.54) is 0 Å². The number of fused-ring (bicyclic) bond motifs is 1. The Balaban J connectivity index is 0.00000243. The molecule has 8 heteroatoms. The third-order valence-corrected chi connectivity index (χ3v) is 4.56. The fourth-order valence-electron chi connectivity index (χ4n) is 2.56. The summed E-state index contributed by atoms with van der Waals surface area (Å²) in [5, 5.41) is 9.88. The van der Waals surface area contributed by atoms with Gasteiger partial charge in [0.2, 0.25) is 0 Å². The minimum atomic E-state index is 0. The second kappa shape index (κ2) is 10.5. The molecule has 0 amide bonds. The van der Waals surface area contributed by atoms with E-state index in [0.717, 1.165) is 53.9 Å². The van der Waals surface area contributed by atoms with Gasteiger partial charge in [-0.3, -0.25) is 4.99 Å². The van der Waals surface area contributed by atoms with Crippen molar-refractivity contribution in [3.8, 4) is 0 Å². The van der Waals surface area contributed by atoms with Crippen LogP contribution in [0.3, 0.4) is 0 Å². The Morgan fingerprint density at radius 1 is 1.19 bits per heavy atom. The van der Waals surface area contributed by atoms with Gasteiger partial charge < -0.3 is 15.0 Å². The summed E-state index contributed by atoms with van der Waals surface area (Å²) in [5.41, 5.74) is 3.17. The van der Waals surface area contributed by atoms with Crippen LogP contribution in [0.1, 0.15) is 23.3 Å². The SMILES string of the molecule is CCNC(=NCCc1cn2ccccc2n1)NCCc1csc(C)n1.I. The van der Waals surface area contributed by atoms with Crippen LogP contribution in [0.25, 0.3) is 5.65 Å². The maximum Gasteiger partial charge on any atom is 0.191 e. The molecule has 2 N–H and O–H groups in total. The van der Waals surface area contributed by atoms with Crippen LogP contribution in [0, 0.1) is 6.92 Å². The number of hydrogen-bond acceptors (Lipinski definition) is 4. The first-order valence-electron chi connectivity index (χ1n) is 8.60. The number of thiazole rings is 1. The molecule has 3 heterocycles. The van der Waals surface area contributed by atoms with E-state index >= 15 is 0 Å². The largest absolute Gasteiger partial charge is 0.357 e. The second-order valence-electron chi connectivity index (χ2n) is 5.74. The van der Waals surface area contributed by atoms with Crippen molar-refractivity contribution in [2.45, 2.75) is 26.7 Å². The van der Waals surface area contributed by atoms with E-state index in [-0.39, 0.29) is 24.0 Å². The lowest BCUT2D eigenvalue weighted by molar-refractivity contribution is 0.786. The second-order valence-corrected chi connectivity index (χ2v) is 6.81. The summed E-state index contributed by atoms with van der Waals surface area (Å²) in [7, 11) is 0. The monoisotopic (exact) mass is 484 g/mol. The van der Waals surface area contributed by atoms with Gasteiger partial charge in [-0.25, -0.2) is 9.97 Å². The lowest BCUT2D eigenvalue weighted by atomic mass is 10.3. The Morgan fingerprint density at radius 2 is 2.08 bits per heavy atom. The van der Waals surface area contributed by atoms with Crippen molar-refractivity contribution in [1.82, 2.24) is 25.0 Å². The lowest BCUT2D eigenvalue weighted by Gasteiger charge is -2.10. The van der Waals surface area contributed by atoms with Crippen LogP contribution in [0.2, 0.25) is 0 Å². The van der Waals surface area contributed by atoms with Crippen LogP contribution in [0.15, 0.2) is 41.0 Å². The molecule has 3 aromatic heterocycles. The highest BCUT2D eigenvalue weighted by atomic mass is 127. The number of pyridine rings is 1. The molecule has 0 fully saturated rings. The van der Waals surface area contributed by atoms with Gasteiger partial charge in [-0.2, -0.15) is 0 Å². The fourth-order valence-corrected chi connectivity index (χ4v) is 3.21. The molecule has 0 spiro atoms. The zero-order valence-electron chi connectivity index (χ0n) is 15.1. The van der Waals surface area contributed by atoms with Gasteiger partial charge in [-0.05, 0) is 26.0 Å². The summed E-state index contributed by atoms with van der Waals surface area (Å²) in [6, 6.07) is 6.02.